The van der Waals surface area contributed by atoms with E-state index in [1.165, 1.54) is 0 Å². The number of nitrogens with one attached hydrogen (secondary N) is 1. The van der Waals surface area contributed by atoms with Crippen molar-refractivity contribution in [2.75, 3.05) is 31.6 Å². The predicted octanol–water partition coefficient (Wildman–Crippen LogP) is 1.25. The van der Waals surface area contributed by atoms with Crippen molar-refractivity contribution in [1.29, 1.82) is 0 Å². The first-order chi connectivity index (χ1) is 7.77. The summed E-state index contributed by atoms with van der Waals surface area (Å²) in [6, 6.07) is 3.57. The number of carbonyl (C=O) groups is 1. The molecule has 0 unspecified atom stereocenters. The van der Waals surface area contributed by atoms with Gasteiger partial charge in [0, 0.05) is 19.3 Å². The van der Waals surface area contributed by atoms with Crippen LogP contribution in [0.15, 0.2) is 18.3 Å². The molecule has 2 heterocycles. The molecule has 2 amide bonds. The Morgan fingerprint density at radius 1 is 1.50 bits per heavy atom. The normalized spacial score (nSPS) is 15.9. The molecule has 0 bridgehead atoms. The zero-order chi connectivity index (χ0) is 11.4. The summed E-state index contributed by atoms with van der Waals surface area (Å²) in [6.07, 6.45) is 1.71. The first-order valence-electron chi connectivity index (χ1n) is 5.32. The van der Waals surface area contributed by atoms with Crippen LogP contribution in [0.5, 0.6) is 0 Å². The number of anilines is 1. The summed E-state index contributed by atoms with van der Waals surface area (Å²) in [7, 11) is 0. The van der Waals surface area contributed by atoms with E-state index in [1.807, 2.05) is 19.1 Å². The van der Waals surface area contributed by atoms with Gasteiger partial charge in [-0.2, -0.15) is 0 Å². The van der Waals surface area contributed by atoms with Gasteiger partial charge in [0.25, 0.3) is 0 Å². The lowest BCUT2D eigenvalue weighted by atomic mass is 10.3. The topological polar surface area (TPSA) is 54.5 Å². The van der Waals surface area contributed by atoms with Crippen LogP contribution in [-0.4, -0.2) is 42.2 Å². The van der Waals surface area contributed by atoms with Crippen LogP contribution in [0.2, 0.25) is 0 Å². The summed E-state index contributed by atoms with van der Waals surface area (Å²) in [5.74, 6) is 0. The number of aryl methyl sites for hydroxylation is 1. The average molecular weight is 221 g/mol. The number of amides is 2. The number of nitrogens with zero attached hydrogens (tertiary/aromatic N) is 2. The lowest BCUT2D eigenvalue weighted by Gasteiger charge is -2.27. The summed E-state index contributed by atoms with van der Waals surface area (Å²) >= 11 is 0. The van der Waals surface area contributed by atoms with Crippen molar-refractivity contribution in [2.45, 2.75) is 6.92 Å². The second kappa shape index (κ2) is 4.94. The zero-order valence-corrected chi connectivity index (χ0v) is 9.27. The van der Waals surface area contributed by atoms with Crippen molar-refractivity contribution >= 4 is 11.7 Å². The van der Waals surface area contributed by atoms with Crippen molar-refractivity contribution in [1.82, 2.24) is 9.88 Å². The number of urea groups is 1. The zero-order valence-electron chi connectivity index (χ0n) is 9.27. The third-order valence-corrected chi connectivity index (χ3v) is 2.55. The standard InChI is InChI=1S/C11H15N3O2/c1-9-10(3-2-4-12-9)13-11(15)14-5-7-16-8-6-14/h2-4H,5-8H2,1H3,(H,13,15). The van der Waals surface area contributed by atoms with E-state index in [1.54, 1.807) is 11.1 Å². The van der Waals surface area contributed by atoms with Gasteiger partial charge < -0.3 is 15.0 Å². The SMILES string of the molecule is Cc1ncccc1NC(=O)N1CCOCC1. The molecular formula is C11H15N3O2. The number of ether oxygens (including phenoxy) is 1. The Morgan fingerprint density at radius 3 is 2.94 bits per heavy atom. The van der Waals surface area contributed by atoms with Crippen molar-refractivity contribution in [3.63, 3.8) is 0 Å². The molecule has 0 spiro atoms. The van der Waals surface area contributed by atoms with Crippen molar-refractivity contribution in [2.24, 2.45) is 0 Å². The summed E-state index contributed by atoms with van der Waals surface area (Å²) in [4.78, 5) is 17.7. The lowest BCUT2D eigenvalue weighted by molar-refractivity contribution is 0.0564. The Morgan fingerprint density at radius 2 is 2.25 bits per heavy atom. The van der Waals surface area contributed by atoms with Gasteiger partial charge in [0.15, 0.2) is 0 Å². The van der Waals surface area contributed by atoms with Crippen LogP contribution in [0, 0.1) is 6.92 Å². The van der Waals surface area contributed by atoms with Crippen LogP contribution in [0.3, 0.4) is 0 Å². The molecule has 1 saturated heterocycles. The molecule has 1 aromatic heterocycles. The maximum absolute atomic E-state index is 11.9. The second-order valence-corrected chi connectivity index (χ2v) is 3.67. The van der Waals surface area contributed by atoms with Crippen molar-refractivity contribution in [3.8, 4) is 0 Å². The fourth-order valence-corrected chi connectivity index (χ4v) is 1.58. The Bertz CT molecular complexity index is 375. The molecule has 1 aromatic rings. The number of rotatable bonds is 1. The highest BCUT2D eigenvalue weighted by atomic mass is 16.5. The van der Waals surface area contributed by atoms with Gasteiger partial charge in [-0.3, -0.25) is 4.98 Å². The average Bonchev–Trinajstić information content (AvgIpc) is 2.33. The molecule has 5 nitrogen and oxygen atoms in total. The van der Waals surface area contributed by atoms with E-state index in [2.05, 4.69) is 10.3 Å². The molecule has 2 rings (SSSR count). The van der Waals surface area contributed by atoms with E-state index in [9.17, 15) is 4.79 Å². The molecule has 16 heavy (non-hydrogen) atoms. The molecular weight excluding hydrogens is 206 g/mol. The van der Waals surface area contributed by atoms with Gasteiger partial charge in [0.05, 0.1) is 24.6 Å². The molecule has 1 aliphatic rings. The second-order valence-electron chi connectivity index (χ2n) is 3.67. The van der Waals surface area contributed by atoms with E-state index in [0.717, 1.165) is 11.4 Å². The van der Waals surface area contributed by atoms with Crippen LogP contribution in [0.1, 0.15) is 5.69 Å². The summed E-state index contributed by atoms with van der Waals surface area (Å²) in [5, 5.41) is 2.85. The molecule has 86 valence electrons. The Labute approximate surface area is 94.4 Å². The van der Waals surface area contributed by atoms with Crippen LogP contribution < -0.4 is 5.32 Å². The van der Waals surface area contributed by atoms with Gasteiger partial charge >= 0.3 is 6.03 Å². The number of aromatic nitrogens is 1. The first-order valence-corrected chi connectivity index (χ1v) is 5.32. The van der Waals surface area contributed by atoms with Gasteiger partial charge in [-0.1, -0.05) is 0 Å². The molecule has 5 heteroatoms. The monoisotopic (exact) mass is 221 g/mol. The Hall–Kier alpha value is -1.62. The van der Waals surface area contributed by atoms with E-state index in [4.69, 9.17) is 4.74 Å². The fourth-order valence-electron chi connectivity index (χ4n) is 1.58. The first kappa shape index (κ1) is 10.9. The maximum Gasteiger partial charge on any atom is 0.322 e. The van der Waals surface area contributed by atoms with Crippen molar-refractivity contribution in [3.05, 3.63) is 24.0 Å². The Kier molecular flexibility index (Phi) is 3.36. The number of hydrogen-bond acceptors (Lipinski definition) is 3. The predicted molar refractivity (Wildman–Crippen MR) is 60.4 cm³/mol. The van der Waals surface area contributed by atoms with Crippen LogP contribution in [0.25, 0.3) is 0 Å². The molecule has 0 atom stereocenters. The number of pyridine rings is 1. The smallest absolute Gasteiger partial charge is 0.322 e. The van der Waals surface area contributed by atoms with E-state index < -0.39 is 0 Å². The third-order valence-electron chi connectivity index (χ3n) is 2.55. The van der Waals surface area contributed by atoms with Crippen LogP contribution >= 0.6 is 0 Å². The number of morpholine rings is 1. The number of hydrogen-bond donors (Lipinski definition) is 1. The third kappa shape index (κ3) is 2.49. The summed E-state index contributed by atoms with van der Waals surface area (Å²) in [5.41, 5.74) is 1.59. The molecule has 1 fully saturated rings. The minimum absolute atomic E-state index is 0.0839. The minimum Gasteiger partial charge on any atom is -0.378 e. The fraction of sp³-hybridized carbons (Fsp3) is 0.455. The Balaban J connectivity index is 1.99. The maximum atomic E-state index is 11.9. The van der Waals surface area contributed by atoms with Crippen LogP contribution in [-0.2, 0) is 4.74 Å². The van der Waals surface area contributed by atoms with Gasteiger partial charge in [-0.05, 0) is 19.1 Å². The summed E-state index contributed by atoms with van der Waals surface area (Å²) < 4.78 is 5.19. The largest absolute Gasteiger partial charge is 0.378 e. The number of carbonyl (C=O) groups excluding carboxylic acids is 1. The van der Waals surface area contributed by atoms with E-state index in [-0.39, 0.29) is 6.03 Å². The highest BCUT2D eigenvalue weighted by Crippen LogP contribution is 2.11. The molecule has 0 aromatic carbocycles. The van der Waals surface area contributed by atoms with Crippen molar-refractivity contribution < 1.29 is 9.53 Å². The molecule has 1 aliphatic heterocycles. The van der Waals surface area contributed by atoms with E-state index in [0.29, 0.717) is 26.3 Å². The molecule has 0 aliphatic carbocycles. The van der Waals surface area contributed by atoms with E-state index >= 15 is 0 Å². The highest BCUT2D eigenvalue weighted by molar-refractivity contribution is 5.89. The van der Waals surface area contributed by atoms with Gasteiger partial charge in [-0.25, -0.2) is 4.79 Å². The minimum atomic E-state index is -0.0839. The van der Waals surface area contributed by atoms with Gasteiger partial charge in [0.1, 0.15) is 0 Å². The van der Waals surface area contributed by atoms with Crippen LogP contribution in [0.4, 0.5) is 10.5 Å². The lowest BCUT2D eigenvalue weighted by Crippen LogP contribution is -2.43. The quantitative estimate of drug-likeness (QED) is 0.776. The van der Waals surface area contributed by atoms with Gasteiger partial charge in [0.2, 0.25) is 0 Å². The molecule has 0 saturated carbocycles. The summed E-state index contributed by atoms with van der Waals surface area (Å²) in [6.45, 7) is 4.38. The highest BCUT2D eigenvalue weighted by Gasteiger charge is 2.17. The molecule has 0 radical (unpaired) electrons. The molecule has 1 N–H and O–H groups in total. The van der Waals surface area contributed by atoms with Gasteiger partial charge in [-0.15, -0.1) is 0 Å².